The molecule has 0 radical (unpaired) electrons. The minimum absolute atomic E-state index is 0.138. The van der Waals surface area contributed by atoms with Gasteiger partial charge in [-0.25, -0.2) is 0 Å². The van der Waals surface area contributed by atoms with Crippen molar-refractivity contribution in [2.45, 2.75) is 72.0 Å². The van der Waals surface area contributed by atoms with E-state index >= 15 is 0 Å². The minimum Gasteiger partial charge on any atom is -0.341 e. The van der Waals surface area contributed by atoms with E-state index < -0.39 is 0 Å². The van der Waals surface area contributed by atoms with Crippen LogP contribution in [0.5, 0.6) is 0 Å². The summed E-state index contributed by atoms with van der Waals surface area (Å²) in [5, 5.41) is 4.49. The van der Waals surface area contributed by atoms with Crippen LogP contribution in [0.3, 0.4) is 0 Å². The number of nitrogens with zero attached hydrogens (tertiary/aromatic N) is 5. The molecule has 2 aliphatic rings. The van der Waals surface area contributed by atoms with E-state index in [1.54, 1.807) is 0 Å². The standard InChI is InChI=1S/C22H39N5O/c1-16(2)26-12-9-20(10-13-26)27-11-7-8-19(14-27)22(28)24(5)15-21-17(3)23-25(6)18(21)4/h16,19-20H,7-15H2,1-6H3/t19-/m0/s1. The molecule has 158 valence electrons. The van der Waals surface area contributed by atoms with Gasteiger partial charge in [0.15, 0.2) is 0 Å². The molecule has 6 nitrogen and oxygen atoms in total. The Kier molecular flexibility index (Phi) is 6.81. The second-order valence-electron chi connectivity index (χ2n) is 9.16. The zero-order valence-electron chi connectivity index (χ0n) is 18.7. The van der Waals surface area contributed by atoms with Crippen LogP contribution in [-0.2, 0) is 18.4 Å². The lowest BCUT2D eigenvalue weighted by molar-refractivity contribution is -0.137. The normalized spacial score (nSPS) is 22.8. The minimum atomic E-state index is 0.138. The molecule has 2 saturated heterocycles. The molecule has 0 unspecified atom stereocenters. The largest absolute Gasteiger partial charge is 0.341 e. The van der Waals surface area contributed by atoms with Gasteiger partial charge in [0.1, 0.15) is 0 Å². The molecule has 1 aromatic rings. The quantitative estimate of drug-likeness (QED) is 0.776. The zero-order valence-corrected chi connectivity index (χ0v) is 18.7. The first-order valence-corrected chi connectivity index (χ1v) is 11.0. The molecule has 2 fully saturated rings. The lowest BCUT2D eigenvalue weighted by Gasteiger charge is -2.43. The van der Waals surface area contributed by atoms with Crippen molar-refractivity contribution in [3.8, 4) is 0 Å². The van der Waals surface area contributed by atoms with Gasteiger partial charge in [-0.05, 0) is 73.0 Å². The first kappa shape index (κ1) is 21.3. The summed E-state index contributed by atoms with van der Waals surface area (Å²) in [6, 6.07) is 1.29. The number of aryl methyl sites for hydroxylation is 2. The molecule has 1 amide bonds. The maximum Gasteiger partial charge on any atom is 0.227 e. The third-order valence-electron chi connectivity index (χ3n) is 6.98. The van der Waals surface area contributed by atoms with Crippen molar-refractivity contribution in [1.29, 1.82) is 0 Å². The number of carbonyl (C=O) groups excluding carboxylic acids is 1. The SMILES string of the molecule is Cc1nn(C)c(C)c1CN(C)C(=O)[C@H]1CCCN(C2CCN(C(C)C)CC2)C1. The van der Waals surface area contributed by atoms with E-state index in [1.807, 2.05) is 30.6 Å². The Morgan fingerprint density at radius 2 is 1.86 bits per heavy atom. The highest BCUT2D eigenvalue weighted by Crippen LogP contribution is 2.26. The highest BCUT2D eigenvalue weighted by Gasteiger charge is 2.33. The molecule has 0 aromatic carbocycles. The number of carbonyl (C=O) groups is 1. The van der Waals surface area contributed by atoms with Gasteiger partial charge >= 0.3 is 0 Å². The summed E-state index contributed by atoms with van der Waals surface area (Å²) >= 11 is 0. The molecule has 6 heteroatoms. The molecular weight excluding hydrogens is 350 g/mol. The number of aromatic nitrogens is 2. The van der Waals surface area contributed by atoms with Crippen LogP contribution in [0.25, 0.3) is 0 Å². The predicted octanol–water partition coefficient (Wildman–Crippen LogP) is 2.58. The van der Waals surface area contributed by atoms with Crippen molar-refractivity contribution < 1.29 is 4.79 Å². The van der Waals surface area contributed by atoms with Crippen molar-refractivity contribution in [2.24, 2.45) is 13.0 Å². The Hall–Kier alpha value is -1.40. The summed E-state index contributed by atoms with van der Waals surface area (Å²) < 4.78 is 1.91. The summed E-state index contributed by atoms with van der Waals surface area (Å²) in [6.45, 7) is 13.8. The number of piperidine rings is 2. The Labute approximate surface area is 170 Å². The van der Waals surface area contributed by atoms with Crippen molar-refractivity contribution in [3.05, 3.63) is 17.0 Å². The molecule has 0 bridgehead atoms. The van der Waals surface area contributed by atoms with Crippen molar-refractivity contribution in [3.63, 3.8) is 0 Å². The first-order valence-electron chi connectivity index (χ1n) is 11.0. The number of hydrogen-bond acceptors (Lipinski definition) is 4. The van der Waals surface area contributed by atoms with Crippen LogP contribution in [0.4, 0.5) is 0 Å². The van der Waals surface area contributed by atoms with Gasteiger partial charge in [-0.3, -0.25) is 14.4 Å². The van der Waals surface area contributed by atoms with Gasteiger partial charge < -0.3 is 9.80 Å². The lowest BCUT2D eigenvalue weighted by atomic mass is 9.92. The van der Waals surface area contributed by atoms with Gasteiger partial charge in [-0.15, -0.1) is 0 Å². The summed E-state index contributed by atoms with van der Waals surface area (Å²) in [5.74, 6) is 0.436. The van der Waals surface area contributed by atoms with Crippen LogP contribution in [0.2, 0.25) is 0 Å². The van der Waals surface area contributed by atoms with Crippen molar-refractivity contribution in [2.75, 3.05) is 33.2 Å². The summed E-state index contributed by atoms with van der Waals surface area (Å²) in [4.78, 5) is 20.3. The van der Waals surface area contributed by atoms with Gasteiger partial charge in [0.25, 0.3) is 0 Å². The highest BCUT2D eigenvalue weighted by molar-refractivity contribution is 5.79. The molecule has 1 atom stereocenters. The van der Waals surface area contributed by atoms with Gasteiger partial charge in [0.05, 0.1) is 11.6 Å². The Bertz CT molecular complexity index is 675. The summed E-state index contributed by atoms with van der Waals surface area (Å²) in [7, 11) is 3.92. The molecule has 2 aliphatic heterocycles. The third kappa shape index (κ3) is 4.60. The van der Waals surface area contributed by atoms with Crippen LogP contribution in [0.15, 0.2) is 0 Å². The van der Waals surface area contributed by atoms with E-state index in [-0.39, 0.29) is 5.92 Å². The first-order chi connectivity index (χ1) is 13.3. The monoisotopic (exact) mass is 389 g/mol. The smallest absolute Gasteiger partial charge is 0.227 e. The highest BCUT2D eigenvalue weighted by atomic mass is 16.2. The fourth-order valence-electron chi connectivity index (χ4n) is 4.98. The lowest BCUT2D eigenvalue weighted by Crippen LogP contribution is -2.51. The topological polar surface area (TPSA) is 44.6 Å². The zero-order chi connectivity index (χ0) is 20.4. The van der Waals surface area contributed by atoms with E-state index in [0.29, 0.717) is 24.5 Å². The van der Waals surface area contributed by atoms with E-state index in [4.69, 9.17) is 0 Å². The fraction of sp³-hybridized carbons (Fsp3) is 0.818. The number of rotatable bonds is 5. The van der Waals surface area contributed by atoms with Gasteiger partial charge in [-0.1, -0.05) is 0 Å². The molecule has 3 rings (SSSR count). The average molecular weight is 390 g/mol. The second-order valence-corrected chi connectivity index (χ2v) is 9.16. The third-order valence-corrected chi connectivity index (χ3v) is 6.98. The molecule has 3 heterocycles. The molecule has 1 aromatic heterocycles. The van der Waals surface area contributed by atoms with Crippen molar-refractivity contribution in [1.82, 2.24) is 24.5 Å². The molecular formula is C22H39N5O. The van der Waals surface area contributed by atoms with Gasteiger partial charge in [0.2, 0.25) is 5.91 Å². The summed E-state index contributed by atoms with van der Waals surface area (Å²) in [5.41, 5.74) is 3.37. The summed E-state index contributed by atoms with van der Waals surface area (Å²) in [6.07, 6.45) is 4.64. The van der Waals surface area contributed by atoms with E-state index in [1.165, 1.54) is 31.5 Å². The van der Waals surface area contributed by atoms with Crippen LogP contribution in [0.1, 0.15) is 56.5 Å². The maximum atomic E-state index is 13.2. The van der Waals surface area contributed by atoms with Crippen LogP contribution < -0.4 is 0 Å². The van der Waals surface area contributed by atoms with Gasteiger partial charge in [0, 0.05) is 50.5 Å². The molecule has 28 heavy (non-hydrogen) atoms. The Balaban J connectivity index is 1.57. The van der Waals surface area contributed by atoms with Crippen LogP contribution in [-0.4, -0.2) is 75.7 Å². The Morgan fingerprint density at radius 3 is 2.43 bits per heavy atom. The molecule has 0 N–H and O–H groups in total. The van der Waals surface area contributed by atoms with Crippen molar-refractivity contribution >= 4 is 5.91 Å². The second kappa shape index (κ2) is 8.95. The number of hydrogen-bond donors (Lipinski definition) is 0. The predicted molar refractivity (Wildman–Crippen MR) is 113 cm³/mol. The van der Waals surface area contributed by atoms with Crippen LogP contribution in [0, 0.1) is 19.8 Å². The Morgan fingerprint density at radius 1 is 1.18 bits per heavy atom. The van der Waals surface area contributed by atoms with E-state index in [2.05, 4.69) is 35.7 Å². The van der Waals surface area contributed by atoms with E-state index in [0.717, 1.165) is 37.3 Å². The number of amides is 1. The number of likely N-dealkylation sites (tertiary alicyclic amines) is 2. The van der Waals surface area contributed by atoms with Crippen LogP contribution >= 0.6 is 0 Å². The van der Waals surface area contributed by atoms with Gasteiger partial charge in [-0.2, -0.15) is 5.10 Å². The maximum absolute atomic E-state index is 13.2. The fourth-order valence-corrected chi connectivity index (χ4v) is 4.98. The molecule has 0 spiro atoms. The molecule has 0 saturated carbocycles. The van der Waals surface area contributed by atoms with E-state index in [9.17, 15) is 4.79 Å². The average Bonchev–Trinajstić information content (AvgIpc) is 2.93. The molecule has 0 aliphatic carbocycles.